The predicted octanol–water partition coefficient (Wildman–Crippen LogP) is 3.34. The molecule has 0 amide bonds. The molecule has 0 fully saturated rings. The summed E-state index contributed by atoms with van der Waals surface area (Å²) in [5.74, 6) is 0.893. The van der Waals surface area contributed by atoms with Crippen LogP contribution in [0.15, 0.2) is 18.2 Å². The van der Waals surface area contributed by atoms with Gasteiger partial charge in [0, 0.05) is 12.2 Å². The molecule has 0 atom stereocenters. The molecule has 0 spiro atoms. The van der Waals surface area contributed by atoms with Gasteiger partial charge in [-0.05, 0) is 43.9 Å². The lowest BCUT2D eigenvalue weighted by Gasteiger charge is -2.11. The third-order valence-electron chi connectivity index (χ3n) is 2.67. The molecular formula is C14H21NO2S. The third-order valence-corrected chi connectivity index (χ3v) is 3.37. The summed E-state index contributed by atoms with van der Waals surface area (Å²) >= 11 is 1.86. The monoisotopic (exact) mass is 267 g/mol. The molecule has 0 saturated carbocycles. The van der Waals surface area contributed by atoms with Crippen LogP contribution in [0.1, 0.15) is 28.8 Å². The summed E-state index contributed by atoms with van der Waals surface area (Å²) in [7, 11) is 1.41. The number of ether oxygens (including phenoxy) is 1. The van der Waals surface area contributed by atoms with Gasteiger partial charge < -0.3 is 10.1 Å². The van der Waals surface area contributed by atoms with Gasteiger partial charge in [-0.15, -0.1) is 0 Å². The molecule has 1 aromatic carbocycles. The van der Waals surface area contributed by atoms with Crippen molar-refractivity contribution in [2.24, 2.45) is 0 Å². The van der Waals surface area contributed by atoms with Crippen molar-refractivity contribution in [2.45, 2.75) is 19.8 Å². The Morgan fingerprint density at radius 3 is 2.83 bits per heavy atom. The first kappa shape index (κ1) is 14.9. The summed E-state index contributed by atoms with van der Waals surface area (Å²) < 4.78 is 4.79. The van der Waals surface area contributed by atoms with Crippen molar-refractivity contribution >= 4 is 23.4 Å². The number of aryl methyl sites for hydroxylation is 1. The summed E-state index contributed by atoms with van der Waals surface area (Å²) in [5.41, 5.74) is 2.53. The number of thioether (sulfide) groups is 1. The molecule has 0 bridgehead atoms. The quantitative estimate of drug-likeness (QED) is 0.607. The highest BCUT2D eigenvalue weighted by molar-refractivity contribution is 7.98. The van der Waals surface area contributed by atoms with Crippen LogP contribution in [-0.4, -0.2) is 31.6 Å². The van der Waals surface area contributed by atoms with Crippen LogP contribution >= 0.6 is 11.8 Å². The van der Waals surface area contributed by atoms with Crippen LogP contribution in [0.2, 0.25) is 0 Å². The van der Waals surface area contributed by atoms with Gasteiger partial charge in [-0.1, -0.05) is 11.6 Å². The lowest BCUT2D eigenvalue weighted by molar-refractivity contribution is 0.0601. The third kappa shape index (κ3) is 4.61. The number of rotatable bonds is 7. The van der Waals surface area contributed by atoms with Crippen LogP contribution in [0.4, 0.5) is 5.69 Å². The molecule has 3 nitrogen and oxygen atoms in total. The van der Waals surface area contributed by atoms with E-state index >= 15 is 0 Å². The highest BCUT2D eigenvalue weighted by Crippen LogP contribution is 2.18. The molecule has 0 radical (unpaired) electrons. The molecule has 100 valence electrons. The lowest BCUT2D eigenvalue weighted by Crippen LogP contribution is -2.09. The Hall–Kier alpha value is -1.16. The van der Waals surface area contributed by atoms with Gasteiger partial charge in [0.05, 0.1) is 12.7 Å². The molecule has 4 heteroatoms. The molecule has 18 heavy (non-hydrogen) atoms. The fourth-order valence-corrected chi connectivity index (χ4v) is 2.18. The zero-order valence-corrected chi connectivity index (χ0v) is 12.1. The molecule has 0 heterocycles. The lowest BCUT2D eigenvalue weighted by atomic mass is 10.1. The highest BCUT2D eigenvalue weighted by Gasteiger charge is 2.11. The first-order valence-corrected chi connectivity index (χ1v) is 7.50. The van der Waals surface area contributed by atoms with Crippen LogP contribution in [0.25, 0.3) is 0 Å². The summed E-state index contributed by atoms with van der Waals surface area (Å²) in [6.45, 7) is 2.85. The second-order valence-electron chi connectivity index (χ2n) is 4.17. The van der Waals surface area contributed by atoms with Crippen LogP contribution in [-0.2, 0) is 4.74 Å². The van der Waals surface area contributed by atoms with Crippen molar-refractivity contribution in [2.75, 3.05) is 31.0 Å². The van der Waals surface area contributed by atoms with E-state index in [0.29, 0.717) is 5.56 Å². The van der Waals surface area contributed by atoms with Crippen LogP contribution in [0.5, 0.6) is 0 Å². The van der Waals surface area contributed by atoms with Crippen molar-refractivity contribution in [1.82, 2.24) is 0 Å². The maximum absolute atomic E-state index is 11.7. The number of benzene rings is 1. The number of carbonyl (C=O) groups is 1. The van der Waals surface area contributed by atoms with E-state index in [2.05, 4.69) is 11.6 Å². The minimum Gasteiger partial charge on any atom is -0.465 e. The van der Waals surface area contributed by atoms with E-state index in [1.807, 2.05) is 36.9 Å². The first-order valence-electron chi connectivity index (χ1n) is 6.11. The molecule has 1 aromatic rings. The van der Waals surface area contributed by atoms with Gasteiger partial charge in [0.25, 0.3) is 0 Å². The summed E-state index contributed by atoms with van der Waals surface area (Å²) in [4.78, 5) is 11.7. The molecule has 0 aliphatic rings. The van der Waals surface area contributed by atoms with Crippen molar-refractivity contribution in [1.29, 1.82) is 0 Å². The zero-order valence-electron chi connectivity index (χ0n) is 11.3. The van der Waals surface area contributed by atoms with E-state index < -0.39 is 0 Å². The average molecular weight is 267 g/mol. The summed E-state index contributed by atoms with van der Waals surface area (Å²) in [6.07, 6.45) is 4.41. The number of hydrogen-bond acceptors (Lipinski definition) is 4. The second-order valence-corrected chi connectivity index (χ2v) is 5.15. The van der Waals surface area contributed by atoms with E-state index in [-0.39, 0.29) is 5.97 Å². The number of anilines is 1. The molecule has 0 aromatic heterocycles. The molecule has 0 aliphatic carbocycles. The second kappa shape index (κ2) is 8.03. The van der Waals surface area contributed by atoms with Gasteiger partial charge in [-0.25, -0.2) is 4.79 Å². The van der Waals surface area contributed by atoms with Crippen LogP contribution < -0.4 is 5.32 Å². The Morgan fingerprint density at radius 2 is 2.17 bits per heavy atom. The standard InChI is InChI=1S/C14H21NO2S/c1-11-6-7-13(12(10-11)14(16)17-2)15-8-4-5-9-18-3/h6-7,10,15H,4-5,8-9H2,1-3H3. The summed E-state index contributed by atoms with van der Waals surface area (Å²) in [5, 5.41) is 3.30. The normalized spacial score (nSPS) is 10.2. The van der Waals surface area contributed by atoms with Gasteiger partial charge in [0.1, 0.15) is 0 Å². The van der Waals surface area contributed by atoms with Gasteiger partial charge in [0.2, 0.25) is 0 Å². The molecule has 0 saturated heterocycles. The van der Waals surface area contributed by atoms with E-state index in [9.17, 15) is 4.79 Å². The Morgan fingerprint density at radius 1 is 1.39 bits per heavy atom. The number of esters is 1. The number of carbonyl (C=O) groups excluding carboxylic acids is 1. The Kier molecular flexibility index (Phi) is 6.65. The van der Waals surface area contributed by atoms with Gasteiger partial charge in [-0.2, -0.15) is 11.8 Å². The van der Waals surface area contributed by atoms with Gasteiger partial charge in [0.15, 0.2) is 0 Å². The maximum atomic E-state index is 11.7. The average Bonchev–Trinajstić information content (AvgIpc) is 2.39. The molecule has 0 unspecified atom stereocenters. The Bertz CT molecular complexity index is 393. The Labute approximate surface area is 113 Å². The van der Waals surface area contributed by atoms with Crippen molar-refractivity contribution in [3.05, 3.63) is 29.3 Å². The van der Waals surface area contributed by atoms with E-state index in [1.54, 1.807) is 0 Å². The topological polar surface area (TPSA) is 38.3 Å². The van der Waals surface area contributed by atoms with Crippen LogP contribution in [0.3, 0.4) is 0 Å². The first-order chi connectivity index (χ1) is 8.69. The molecule has 1 rings (SSSR count). The SMILES string of the molecule is COC(=O)c1cc(C)ccc1NCCCCSC. The van der Waals surface area contributed by atoms with Crippen molar-refractivity contribution in [3.8, 4) is 0 Å². The minimum absolute atomic E-state index is 0.287. The fourth-order valence-electron chi connectivity index (χ4n) is 1.69. The highest BCUT2D eigenvalue weighted by atomic mass is 32.2. The predicted molar refractivity (Wildman–Crippen MR) is 78.6 cm³/mol. The zero-order chi connectivity index (χ0) is 13.4. The number of hydrogen-bond donors (Lipinski definition) is 1. The van der Waals surface area contributed by atoms with E-state index in [4.69, 9.17) is 4.74 Å². The molecule has 1 N–H and O–H groups in total. The smallest absolute Gasteiger partial charge is 0.339 e. The fraction of sp³-hybridized carbons (Fsp3) is 0.500. The van der Waals surface area contributed by atoms with Crippen molar-refractivity contribution in [3.63, 3.8) is 0 Å². The largest absolute Gasteiger partial charge is 0.465 e. The number of methoxy groups -OCH3 is 1. The molecular weight excluding hydrogens is 246 g/mol. The minimum atomic E-state index is -0.287. The number of nitrogens with one attached hydrogen (secondary N) is 1. The Balaban J connectivity index is 2.61. The summed E-state index contributed by atoms with van der Waals surface area (Å²) in [6, 6.07) is 5.79. The van der Waals surface area contributed by atoms with Crippen molar-refractivity contribution < 1.29 is 9.53 Å². The van der Waals surface area contributed by atoms with Gasteiger partial charge in [-0.3, -0.25) is 0 Å². The van der Waals surface area contributed by atoms with Crippen LogP contribution in [0, 0.1) is 6.92 Å². The van der Waals surface area contributed by atoms with E-state index in [0.717, 1.165) is 24.2 Å². The van der Waals surface area contributed by atoms with Gasteiger partial charge >= 0.3 is 5.97 Å². The molecule has 0 aliphatic heterocycles. The van der Waals surface area contributed by atoms with E-state index in [1.165, 1.54) is 19.3 Å². The number of unbranched alkanes of at least 4 members (excludes halogenated alkanes) is 1. The maximum Gasteiger partial charge on any atom is 0.339 e.